The average Bonchev–Trinajstić information content (AvgIpc) is 2.88. The van der Waals surface area contributed by atoms with Crippen molar-refractivity contribution < 1.29 is 9.53 Å². The van der Waals surface area contributed by atoms with Crippen LogP contribution >= 0.6 is 0 Å². The van der Waals surface area contributed by atoms with E-state index in [1.807, 2.05) is 0 Å². The number of hydrogen-bond acceptors (Lipinski definition) is 2. The van der Waals surface area contributed by atoms with Crippen molar-refractivity contribution in [3.63, 3.8) is 0 Å². The van der Waals surface area contributed by atoms with E-state index in [0.29, 0.717) is 12.3 Å². The van der Waals surface area contributed by atoms with Gasteiger partial charge in [-0.05, 0) is 38.0 Å². The van der Waals surface area contributed by atoms with Crippen LogP contribution in [-0.4, -0.2) is 12.1 Å². The zero-order valence-corrected chi connectivity index (χ0v) is 25.6. The summed E-state index contributed by atoms with van der Waals surface area (Å²) in [7, 11) is 0. The Kier molecular flexibility index (Phi) is 28.6. The molecule has 2 heteroatoms. The third-order valence-corrected chi connectivity index (χ3v) is 8.09. The van der Waals surface area contributed by atoms with E-state index in [9.17, 15) is 4.79 Å². The highest BCUT2D eigenvalue weighted by atomic mass is 16.5. The molecule has 0 heterocycles. The van der Waals surface area contributed by atoms with Gasteiger partial charge in [-0.2, -0.15) is 0 Å². The molecule has 36 heavy (non-hydrogen) atoms. The maximum absolute atomic E-state index is 12.6. The van der Waals surface area contributed by atoms with E-state index in [1.165, 1.54) is 148 Å². The van der Waals surface area contributed by atoms with Crippen molar-refractivity contribution in [2.45, 2.75) is 207 Å². The number of unbranched alkanes of at least 4 members (excludes halogenated alkanes) is 20. The van der Waals surface area contributed by atoms with Gasteiger partial charge in [0.25, 0.3) is 0 Å². The molecule has 0 saturated heterocycles. The second-order valence-corrected chi connectivity index (χ2v) is 11.6. The predicted molar refractivity (Wildman–Crippen MR) is 161 cm³/mol. The minimum absolute atomic E-state index is 0.0654. The topological polar surface area (TPSA) is 26.3 Å². The Morgan fingerprint density at radius 3 is 1.28 bits per heavy atom. The smallest absolute Gasteiger partial charge is 0.306 e. The van der Waals surface area contributed by atoms with Gasteiger partial charge in [0.05, 0.1) is 0 Å². The van der Waals surface area contributed by atoms with Crippen LogP contribution in [0.2, 0.25) is 0 Å². The summed E-state index contributed by atoms with van der Waals surface area (Å²) in [6.07, 6.45) is 34.9. The molecule has 0 aliphatic rings. The molecule has 0 aromatic rings. The van der Waals surface area contributed by atoms with Crippen LogP contribution in [0.4, 0.5) is 0 Å². The first kappa shape index (κ1) is 35.5. The van der Waals surface area contributed by atoms with Crippen molar-refractivity contribution in [3.8, 4) is 0 Å². The van der Waals surface area contributed by atoms with Gasteiger partial charge in [0.1, 0.15) is 6.10 Å². The molecule has 216 valence electrons. The molecule has 0 aromatic heterocycles. The van der Waals surface area contributed by atoms with E-state index in [4.69, 9.17) is 4.74 Å². The molecule has 2 atom stereocenters. The zero-order valence-electron chi connectivity index (χ0n) is 25.6. The standard InChI is InChI=1S/C34H68O2/c1-5-9-12-14-16-17-18-19-20-21-22-23-24-26-28-31-34(35)36-33(32(8-4)29-11-7-3)30-27-25-15-13-10-6-2/h32-33H,5-31H2,1-4H3. The van der Waals surface area contributed by atoms with Crippen molar-refractivity contribution in [1.82, 2.24) is 0 Å². The van der Waals surface area contributed by atoms with Crippen molar-refractivity contribution in [2.24, 2.45) is 5.92 Å². The highest BCUT2D eigenvalue weighted by molar-refractivity contribution is 5.69. The molecule has 0 spiro atoms. The largest absolute Gasteiger partial charge is 0.462 e. The van der Waals surface area contributed by atoms with Crippen LogP contribution in [-0.2, 0) is 9.53 Å². The second-order valence-electron chi connectivity index (χ2n) is 11.6. The molecule has 2 unspecified atom stereocenters. The third kappa shape index (κ3) is 23.8. The third-order valence-electron chi connectivity index (χ3n) is 8.09. The highest BCUT2D eigenvalue weighted by Crippen LogP contribution is 2.25. The van der Waals surface area contributed by atoms with Gasteiger partial charge in [0.15, 0.2) is 0 Å². The Hall–Kier alpha value is -0.530. The van der Waals surface area contributed by atoms with Gasteiger partial charge >= 0.3 is 5.97 Å². The second kappa shape index (κ2) is 29.0. The quantitative estimate of drug-likeness (QED) is 0.0741. The van der Waals surface area contributed by atoms with Gasteiger partial charge in [0.2, 0.25) is 0 Å². The molecular weight excluding hydrogens is 440 g/mol. The van der Waals surface area contributed by atoms with Crippen LogP contribution in [0.15, 0.2) is 0 Å². The fourth-order valence-electron chi connectivity index (χ4n) is 5.50. The first-order valence-corrected chi connectivity index (χ1v) is 16.9. The van der Waals surface area contributed by atoms with E-state index >= 15 is 0 Å². The van der Waals surface area contributed by atoms with Gasteiger partial charge in [-0.25, -0.2) is 0 Å². The molecule has 0 aliphatic carbocycles. The molecule has 0 fully saturated rings. The normalized spacial score (nSPS) is 13.1. The van der Waals surface area contributed by atoms with Crippen LogP contribution in [0, 0.1) is 5.92 Å². The van der Waals surface area contributed by atoms with Crippen molar-refractivity contribution in [1.29, 1.82) is 0 Å². The Bertz CT molecular complexity index is 433. The SMILES string of the molecule is CCCCCCCCCCCCCCCCCC(=O)OC(CCCCCCCC)C(CC)CCCC. The van der Waals surface area contributed by atoms with Crippen LogP contribution < -0.4 is 0 Å². The van der Waals surface area contributed by atoms with E-state index in [-0.39, 0.29) is 12.1 Å². The summed E-state index contributed by atoms with van der Waals surface area (Å²) in [5.41, 5.74) is 0. The van der Waals surface area contributed by atoms with Crippen LogP contribution in [0.5, 0.6) is 0 Å². The summed E-state index contributed by atoms with van der Waals surface area (Å²) in [5.74, 6) is 0.612. The van der Waals surface area contributed by atoms with Gasteiger partial charge in [-0.1, -0.05) is 163 Å². The van der Waals surface area contributed by atoms with Gasteiger partial charge in [0, 0.05) is 6.42 Å². The maximum atomic E-state index is 12.6. The minimum atomic E-state index is 0.0654. The molecule has 0 radical (unpaired) electrons. The first-order chi connectivity index (χ1) is 17.7. The Morgan fingerprint density at radius 1 is 0.472 bits per heavy atom. The molecule has 0 aliphatic heterocycles. The number of esters is 1. The monoisotopic (exact) mass is 509 g/mol. The summed E-state index contributed by atoms with van der Waals surface area (Å²) in [6, 6.07) is 0. The minimum Gasteiger partial charge on any atom is -0.462 e. The van der Waals surface area contributed by atoms with Crippen molar-refractivity contribution >= 4 is 5.97 Å². The number of rotatable bonds is 29. The lowest BCUT2D eigenvalue weighted by Gasteiger charge is -2.26. The molecule has 2 nitrogen and oxygen atoms in total. The fraction of sp³-hybridized carbons (Fsp3) is 0.971. The van der Waals surface area contributed by atoms with Crippen molar-refractivity contribution in [2.75, 3.05) is 0 Å². The average molecular weight is 509 g/mol. The van der Waals surface area contributed by atoms with E-state index in [0.717, 1.165) is 19.3 Å². The fourth-order valence-corrected chi connectivity index (χ4v) is 5.50. The highest BCUT2D eigenvalue weighted by Gasteiger charge is 2.23. The lowest BCUT2D eigenvalue weighted by Crippen LogP contribution is -2.27. The molecule has 0 aromatic carbocycles. The summed E-state index contributed by atoms with van der Waals surface area (Å²) in [6.45, 7) is 9.10. The number of carbonyl (C=O) groups is 1. The molecular formula is C34H68O2. The van der Waals surface area contributed by atoms with Gasteiger partial charge < -0.3 is 4.74 Å². The van der Waals surface area contributed by atoms with Gasteiger partial charge in [-0.3, -0.25) is 4.79 Å². The van der Waals surface area contributed by atoms with E-state index < -0.39 is 0 Å². The van der Waals surface area contributed by atoms with Crippen LogP contribution in [0.3, 0.4) is 0 Å². The maximum Gasteiger partial charge on any atom is 0.306 e. The Labute approximate surface area is 228 Å². The molecule has 0 amide bonds. The molecule has 0 bridgehead atoms. The Balaban J connectivity index is 3.88. The van der Waals surface area contributed by atoms with Crippen LogP contribution in [0.1, 0.15) is 201 Å². The number of carbonyl (C=O) groups excluding carboxylic acids is 1. The molecule has 0 saturated carbocycles. The van der Waals surface area contributed by atoms with Crippen molar-refractivity contribution in [3.05, 3.63) is 0 Å². The lowest BCUT2D eigenvalue weighted by molar-refractivity contribution is -0.152. The summed E-state index contributed by atoms with van der Waals surface area (Å²) in [5, 5.41) is 0. The summed E-state index contributed by atoms with van der Waals surface area (Å²) >= 11 is 0. The van der Waals surface area contributed by atoms with E-state index in [2.05, 4.69) is 27.7 Å². The molecule has 0 rings (SSSR count). The predicted octanol–water partition coefficient (Wildman–Crippen LogP) is 12.1. The number of ether oxygens (including phenoxy) is 1. The summed E-state index contributed by atoms with van der Waals surface area (Å²) < 4.78 is 6.11. The molecule has 0 N–H and O–H groups in total. The summed E-state index contributed by atoms with van der Waals surface area (Å²) in [4.78, 5) is 12.6. The Morgan fingerprint density at radius 2 is 0.861 bits per heavy atom. The first-order valence-electron chi connectivity index (χ1n) is 16.9. The van der Waals surface area contributed by atoms with E-state index in [1.54, 1.807) is 0 Å². The lowest BCUT2D eigenvalue weighted by atomic mass is 9.90. The van der Waals surface area contributed by atoms with Crippen LogP contribution in [0.25, 0.3) is 0 Å². The number of hydrogen-bond donors (Lipinski definition) is 0. The van der Waals surface area contributed by atoms with Gasteiger partial charge in [-0.15, -0.1) is 0 Å². The zero-order chi connectivity index (χ0) is 26.5.